The number of benzene rings is 1. The van der Waals surface area contributed by atoms with Crippen LogP contribution in [0.25, 0.3) is 6.08 Å². The molecule has 0 amide bonds. The van der Waals surface area contributed by atoms with Crippen molar-refractivity contribution in [1.29, 1.82) is 0 Å². The Morgan fingerprint density at radius 1 is 1.11 bits per heavy atom. The zero-order valence-corrected chi connectivity index (χ0v) is 12.1. The Labute approximate surface area is 116 Å². The lowest BCUT2D eigenvalue weighted by molar-refractivity contribution is 0.415. The molecule has 0 saturated carbocycles. The summed E-state index contributed by atoms with van der Waals surface area (Å²) in [7, 11) is 1.69. The largest absolute Gasteiger partial charge is 0.497 e. The van der Waals surface area contributed by atoms with Crippen LogP contribution in [-0.2, 0) is 0 Å². The molecule has 2 rings (SSSR count). The maximum atomic E-state index is 5.15. The quantitative estimate of drug-likeness (QED) is 0.675. The van der Waals surface area contributed by atoms with E-state index in [0.717, 1.165) is 25.0 Å². The summed E-state index contributed by atoms with van der Waals surface area (Å²) in [4.78, 5) is 0. The molecule has 0 atom stereocenters. The van der Waals surface area contributed by atoms with Crippen molar-refractivity contribution in [2.45, 2.75) is 33.1 Å². The van der Waals surface area contributed by atoms with Crippen molar-refractivity contribution < 1.29 is 4.74 Å². The van der Waals surface area contributed by atoms with Crippen molar-refractivity contribution in [3.63, 3.8) is 0 Å². The molecular formula is C18H22O. The lowest BCUT2D eigenvalue weighted by Crippen LogP contribution is -1.94. The van der Waals surface area contributed by atoms with Gasteiger partial charge in [0.15, 0.2) is 0 Å². The van der Waals surface area contributed by atoms with Gasteiger partial charge in [-0.25, -0.2) is 0 Å². The summed E-state index contributed by atoms with van der Waals surface area (Å²) < 4.78 is 5.15. The second-order valence-electron chi connectivity index (χ2n) is 5.18. The normalized spacial score (nSPS) is 15.8. The third-order valence-electron chi connectivity index (χ3n) is 3.72. The van der Waals surface area contributed by atoms with Crippen molar-refractivity contribution in [1.82, 2.24) is 0 Å². The van der Waals surface area contributed by atoms with Gasteiger partial charge in [-0.15, -0.1) is 0 Å². The van der Waals surface area contributed by atoms with E-state index in [4.69, 9.17) is 4.74 Å². The second kappa shape index (κ2) is 6.42. The minimum absolute atomic E-state index is 0.906. The van der Waals surface area contributed by atoms with Crippen LogP contribution in [-0.4, -0.2) is 7.11 Å². The van der Waals surface area contributed by atoms with Gasteiger partial charge >= 0.3 is 0 Å². The molecule has 0 saturated heterocycles. The number of hydrogen-bond acceptors (Lipinski definition) is 1. The molecule has 0 spiro atoms. The lowest BCUT2D eigenvalue weighted by Gasteiger charge is -2.14. The Morgan fingerprint density at radius 3 is 2.47 bits per heavy atom. The summed E-state index contributed by atoms with van der Waals surface area (Å²) in [6, 6.07) is 8.16. The summed E-state index contributed by atoms with van der Waals surface area (Å²) in [6.45, 7) is 4.48. The fourth-order valence-corrected chi connectivity index (χ4v) is 2.25. The average molecular weight is 254 g/mol. The lowest BCUT2D eigenvalue weighted by atomic mass is 9.92. The van der Waals surface area contributed by atoms with Crippen molar-refractivity contribution in [2.24, 2.45) is 0 Å². The van der Waals surface area contributed by atoms with E-state index >= 15 is 0 Å². The second-order valence-corrected chi connectivity index (χ2v) is 5.18. The summed E-state index contributed by atoms with van der Waals surface area (Å²) in [5.41, 5.74) is 5.83. The van der Waals surface area contributed by atoms with Crippen LogP contribution in [0.1, 0.15) is 38.7 Å². The highest BCUT2D eigenvalue weighted by Crippen LogP contribution is 2.26. The van der Waals surface area contributed by atoms with Gasteiger partial charge in [-0.05, 0) is 50.8 Å². The zero-order chi connectivity index (χ0) is 13.7. The summed E-state index contributed by atoms with van der Waals surface area (Å²) in [6.07, 6.45) is 10.1. The first-order chi connectivity index (χ1) is 9.19. The smallest absolute Gasteiger partial charge is 0.118 e. The molecule has 100 valence electrons. The van der Waals surface area contributed by atoms with Crippen molar-refractivity contribution in [2.75, 3.05) is 7.11 Å². The van der Waals surface area contributed by atoms with E-state index in [1.165, 1.54) is 22.3 Å². The van der Waals surface area contributed by atoms with Crippen LogP contribution in [0.15, 0.2) is 53.1 Å². The highest BCUT2D eigenvalue weighted by Gasteiger charge is 2.06. The Bertz CT molecular complexity index is 515. The van der Waals surface area contributed by atoms with Gasteiger partial charge in [-0.1, -0.05) is 47.1 Å². The van der Waals surface area contributed by atoms with Gasteiger partial charge < -0.3 is 4.74 Å². The van der Waals surface area contributed by atoms with Gasteiger partial charge in [0.25, 0.3) is 0 Å². The Hall–Kier alpha value is -1.76. The first kappa shape index (κ1) is 13.7. The van der Waals surface area contributed by atoms with Crippen molar-refractivity contribution >= 4 is 6.08 Å². The maximum absolute atomic E-state index is 5.15. The average Bonchev–Trinajstić information content (AvgIpc) is 2.43. The van der Waals surface area contributed by atoms with Crippen LogP contribution >= 0.6 is 0 Å². The molecule has 0 fully saturated rings. The predicted molar refractivity (Wildman–Crippen MR) is 82.3 cm³/mol. The van der Waals surface area contributed by atoms with E-state index in [9.17, 15) is 0 Å². The van der Waals surface area contributed by atoms with Crippen LogP contribution < -0.4 is 4.74 Å². The van der Waals surface area contributed by atoms with Crippen molar-refractivity contribution in [3.8, 4) is 5.75 Å². The molecule has 0 aromatic heterocycles. The monoisotopic (exact) mass is 254 g/mol. The molecule has 1 aromatic rings. The Morgan fingerprint density at radius 2 is 1.84 bits per heavy atom. The summed E-state index contributed by atoms with van der Waals surface area (Å²) in [5, 5.41) is 0. The maximum Gasteiger partial charge on any atom is 0.118 e. The van der Waals surface area contributed by atoms with Crippen LogP contribution in [0.5, 0.6) is 5.75 Å². The number of methoxy groups -OCH3 is 1. The first-order valence-electron chi connectivity index (χ1n) is 6.83. The van der Waals surface area contributed by atoms with Gasteiger partial charge in [0.05, 0.1) is 7.11 Å². The third-order valence-corrected chi connectivity index (χ3v) is 3.72. The standard InChI is InChI=1S/C18H22O/c1-14-7-8-17(13-15(14)2)6-4-5-16-9-11-18(19-3)12-10-16/h4-5,8-12H,6-7,13H2,1-3H3. The molecular weight excluding hydrogens is 232 g/mol. The molecule has 0 heterocycles. The highest BCUT2D eigenvalue weighted by molar-refractivity contribution is 5.51. The summed E-state index contributed by atoms with van der Waals surface area (Å²) >= 11 is 0. The topological polar surface area (TPSA) is 9.23 Å². The number of ether oxygens (including phenoxy) is 1. The fraction of sp³-hybridized carbons (Fsp3) is 0.333. The molecule has 0 N–H and O–H groups in total. The number of allylic oxidation sites excluding steroid dienone is 5. The van der Waals surface area contributed by atoms with Gasteiger partial charge in [0, 0.05) is 0 Å². The molecule has 1 nitrogen and oxygen atoms in total. The van der Waals surface area contributed by atoms with E-state index in [1.807, 2.05) is 12.1 Å². The van der Waals surface area contributed by atoms with E-state index in [1.54, 1.807) is 7.11 Å². The molecule has 0 unspecified atom stereocenters. The molecule has 1 aliphatic carbocycles. The molecule has 0 radical (unpaired) electrons. The van der Waals surface area contributed by atoms with E-state index in [-0.39, 0.29) is 0 Å². The fourth-order valence-electron chi connectivity index (χ4n) is 2.25. The predicted octanol–water partition coefficient (Wildman–Crippen LogP) is 5.16. The molecule has 1 heteroatoms. The van der Waals surface area contributed by atoms with Crippen LogP contribution in [0.2, 0.25) is 0 Å². The third kappa shape index (κ3) is 3.85. The van der Waals surface area contributed by atoms with Crippen LogP contribution in [0.4, 0.5) is 0 Å². The van der Waals surface area contributed by atoms with Gasteiger partial charge in [-0.3, -0.25) is 0 Å². The van der Waals surface area contributed by atoms with E-state index in [0.29, 0.717) is 0 Å². The number of hydrogen-bond donors (Lipinski definition) is 0. The van der Waals surface area contributed by atoms with Crippen LogP contribution in [0, 0.1) is 0 Å². The highest BCUT2D eigenvalue weighted by atomic mass is 16.5. The molecule has 1 aromatic carbocycles. The first-order valence-corrected chi connectivity index (χ1v) is 6.83. The van der Waals surface area contributed by atoms with E-state index in [2.05, 4.69) is 44.2 Å². The molecule has 1 aliphatic rings. The van der Waals surface area contributed by atoms with Gasteiger partial charge in [0.1, 0.15) is 5.75 Å². The van der Waals surface area contributed by atoms with Gasteiger partial charge in [0.2, 0.25) is 0 Å². The van der Waals surface area contributed by atoms with Gasteiger partial charge in [-0.2, -0.15) is 0 Å². The molecule has 19 heavy (non-hydrogen) atoms. The Balaban J connectivity index is 1.90. The molecule has 0 aliphatic heterocycles. The Kier molecular flexibility index (Phi) is 4.62. The van der Waals surface area contributed by atoms with Crippen molar-refractivity contribution in [3.05, 3.63) is 58.7 Å². The zero-order valence-electron chi connectivity index (χ0n) is 12.1. The SMILES string of the molecule is COc1ccc(C=CCC2=CCC(C)=C(C)C2)cc1. The van der Waals surface area contributed by atoms with Crippen LogP contribution in [0.3, 0.4) is 0 Å². The summed E-state index contributed by atoms with van der Waals surface area (Å²) in [5.74, 6) is 0.906. The minimum Gasteiger partial charge on any atom is -0.497 e. The van der Waals surface area contributed by atoms with E-state index < -0.39 is 0 Å². The molecule has 0 bridgehead atoms. The number of rotatable bonds is 4. The minimum atomic E-state index is 0.906.